The van der Waals surface area contributed by atoms with E-state index in [1.807, 2.05) is 12.1 Å². The summed E-state index contributed by atoms with van der Waals surface area (Å²) in [5, 5.41) is 10.4. The van der Waals surface area contributed by atoms with Gasteiger partial charge in [0.1, 0.15) is 0 Å². The molecular formula is C17H23NO2. The number of carboxylic acid groups (broad SMARTS) is 1. The normalized spacial score (nSPS) is 11.1. The average molecular weight is 273 g/mol. The van der Waals surface area contributed by atoms with E-state index in [0.717, 1.165) is 31.3 Å². The molecule has 0 radical (unpaired) electrons. The molecule has 0 amide bonds. The molecule has 0 spiro atoms. The van der Waals surface area contributed by atoms with Gasteiger partial charge in [0.2, 0.25) is 0 Å². The van der Waals surface area contributed by atoms with Crippen LogP contribution in [0, 0.1) is 0 Å². The number of aryl methyl sites for hydroxylation is 2. The van der Waals surface area contributed by atoms with Gasteiger partial charge in [-0.1, -0.05) is 32.8 Å². The van der Waals surface area contributed by atoms with E-state index in [0.29, 0.717) is 5.56 Å². The topological polar surface area (TPSA) is 42.2 Å². The first-order valence-corrected chi connectivity index (χ1v) is 7.52. The minimum Gasteiger partial charge on any atom is -0.478 e. The molecule has 0 saturated heterocycles. The maximum atomic E-state index is 11.1. The van der Waals surface area contributed by atoms with Gasteiger partial charge in [0.25, 0.3) is 0 Å². The van der Waals surface area contributed by atoms with Gasteiger partial charge in [-0.3, -0.25) is 0 Å². The van der Waals surface area contributed by atoms with Crippen LogP contribution in [0.4, 0.5) is 0 Å². The highest BCUT2D eigenvalue weighted by Gasteiger charge is 2.11. The van der Waals surface area contributed by atoms with Crippen molar-refractivity contribution in [1.29, 1.82) is 0 Å². The summed E-state index contributed by atoms with van der Waals surface area (Å²) in [6.45, 7) is 5.33. The largest absolute Gasteiger partial charge is 0.478 e. The van der Waals surface area contributed by atoms with Crippen LogP contribution in [0.3, 0.4) is 0 Å². The van der Waals surface area contributed by atoms with E-state index in [9.17, 15) is 4.79 Å². The Balaban J connectivity index is 2.45. The molecule has 0 unspecified atom stereocenters. The molecule has 3 heteroatoms. The highest BCUT2D eigenvalue weighted by Crippen LogP contribution is 2.25. The van der Waals surface area contributed by atoms with Crippen LogP contribution in [0.15, 0.2) is 24.4 Å². The van der Waals surface area contributed by atoms with Gasteiger partial charge in [-0.2, -0.15) is 0 Å². The molecule has 2 aromatic rings. The van der Waals surface area contributed by atoms with Crippen molar-refractivity contribution >= 4 is 16.9 Å². The van der Waals surface area contributed by atoms with Crippen molar-refractivity contribution in [3.05, 3.63) is 35.5 Å². The molecular weight excluding hydrogens is 250 g/mol. The molecule has 0 aliphatic heterocycles. The Kier molecular flexibility index (Phi) is 4.83. The van der Waals surface area contributed by atoms with Gasteiger partial charge in [-0.05, 0) is 37.0 Å². The Bertz CT molecular complexity index is 598. The van der Waals surface area contributed by atoms with Crippen LogP contribution in [0.2, 0.25) is 0 Å². The second kappa shape index (κ2) is 6.60. The zero-order valence-corrected chi connectivity index (χ0v) is 12.4. The summed E-state index contributed by atoms with van der Waals surface area (Å²) in [6.07, 6.45) is 7.89. The van der Waals surface area contributed by atoms with Gasteiger partial charge in [0.15, 0.2) is 0 Å². The van der Waals surface area contributed by atoms with Crippen molar-refractivity contribution in [2.45, 2.75) is 52.5 Å². The van der Waals surface area contributed by atoms with Crippen molar-refractivity contribution < 1.29 is 9.90 Å². The zero-order valence-electron chi connectivity index (χ0n) is 12.4. The monoisotopic (exact) mass is 273 g/mol. The third kappa shape index (κ3) is 3.03. The number of hydrogen-bond donors (Lipinski definition) is 1. The predicted octanol–water partition coefficient (Wildman–Crippen LogP) is 4.48. The Morgan fingerprint density at radius 2 is 1.95 bits per heavy atom. The Morgan fingerprint density at radius 1 is 1.20 bits per heavy atom. The lowest BCUT2D eigenvalue weighted by molar-refractivity contribution is 0.0697. The molecule has 0 bridgehead atoms. The number of aromatic carboxylic acids is 1. The summed E-state index contributed by atoms with van der Waals surface area (Å²) in [7, 11) is 0. The van der Waals surface area contributed by atoms with E-state index < -0.39 is 5.97 Å². The highest BCUT2D eigenvalue weighted by molar-refractivity contribution is 5.94. The summed E-state index contributed by atoms with van der Waals surface area (Å²) >= 11 is 0. The zero-order chi connectivity index (χ0) is 14.5. The maximum Gasteiger partial charge on any atom is 0.335 e. The minimum atomic E-state index is -0.856. The van der Waals surface area contributed by atoms with Gasteiger partial charge < -0.3 is 9.67 Å². The van der Waals surface area contributed by atoms with Crippen molar-refractivity contribution in [3.63, 3.8) is 0 Å². The number of benzene rings is 1. The van der Waals surface area contributed by atoms with Crippen LogP contribution in [-0.4, -0.2) is 15.6 Å². The Labute approximate surface area is 120 Å². The van der Waals surface area contributed by atoms with E-state index in [4.69, 9.17) is 5.11 Å². The number of nitrogens with zero attached hydrogens (tertiary/aromatic N) is 1. The van der Waals surface area contributed by atoms with Gasteiger partial charge >= 0.3 is 5.97 Å². The van der Waals surface area contributed by atoms with Gasteiger partial charge in [0, 0.05) is 23.6 Å². The molecule has 0 aliphatic carbocycles. The Hall–Kier alpha value is -1.77. The van der Waals surface area contributed by atoms with Crippen molar-refractivity contribution in [2.24, 2.45) is 0 Å². The molecule has 1 heterocycles. The van der Waals surface area contributed by atoms with Crippen LogP contribution < -0.4 is 0 Å². The first-order valence-electron chi connectivity index (χ1n) is 7.52. The van der Waals surface area contributed by atoms with Gasteiger partial charge in [-0.15, -0.1) is 0 Å². The van der Waals surface area contributed by atoms with Crippen LogP contribution in [0.25, 0.3) is 10.9 Å². The minimum absolute atomic E-state index is 0.371. The molecule has 0 fully saturated rings. The summed E-state index contributed by atoms with van der Waals surface area (Å²) in [6, 6.07) is 5.49. The van der Waals surface area contributed by atoms with Crippen LogP contribution in [0.1, 0.15) is 55.5 Å². The van der Waals surface area contributed by atoms with Gasteiger partial charge in [-0.25, -0.2) is 4.79 Å². The van der Waals surface area contributed by atoms with E-state index in [-0.39, 0.29) is 0 Å². The molecule has 20 heavy (non-hydrogen) atoms. The number of hydrogen-bond acceptors (Lipinski definition) is 1. The third-order valence-electron chi connectivity index (χ3n) is 3.76. The lowest BCUT2D eigenvalue weighted by Gasteiger charge is -2.04. The lowest BCUT2D eigenvalue weighted by atomic mass is 10.1. The first-order chi connectivity index (χ1) is 9.67. The van der Waals surface area contributed by atoms with Crippen molar-refractivity contribution in [1.82, 2.24) is 4.57 Å². The van der Waals surface area contributed by atoms with Crippen LogP contribution in [0.5, 0.6) is 0 Å². The lowest BCUT2D eigenvalue weighted by Crippen LogP contribution is -1.99. The molecule has 108 valence electrons. The number of carboxylic acids is 1. The highest BCUT2D eigenvalue weighted by atomic mass is 16.4. The molecule has 1 aromatic carbocycles. The number of rotatable bonds is 7. The standard InChI is InChI=1S/C17H23NO2/c1-3-5-7-14-12-18(10-6-4-2)16-11-13(17(19)20)8-9-15(14)16/h8-9,11-12H,3-7,10H2,1-2H3,(H,19,20). The van der Waals surface area contributed by atoms with Gasteiger partial charge in [0.05, 0.1) is 5.56 Å². The maximum absolute atomic E-state index is 11.1. The van der Waals surface area contributed by atoms with E-state index in [1.165, 1.54) is 23.8 Å². The fourth-order valence-electron chi connectivity index (χ4n) is 2.58. The van der Waals surface area contributed by atoms with E-state index >= 15 is 0 Å². The van der Waals surface area contributed by atoms with Crippen LogP contribution >= 0.6 is 0 Å². The second-order valence-corrected chi connectivity index (χ2v) is 5.34. The first kappa shape index (κ1) is 14.6. The fraction of sp³-hybridized carbons (Fsp3) is 0.471. The summed E-state index contributed by atoms with van der Waals surface area (Å²) < 4.78 is 2.22. The summed E-state index contributed by atoms with van der Waals surface area (Å²) in [4.78, 5) is 11.1. The molecule has 2 rings (SSSR count). The Morgan fingerprint density at radius 3 is 2.60 bits per heavy atom. The number of unbranched alkanes of at least 4 members (excludes halogenated alkanes) is 2. The third-order valence-corrected chi connectivity index (χ3v) is 3.76. The quantitative estimate of drug-likeness (QED) is 0.808. The number of carbonyl (C=O) groups is 1. The van der Waals surface area contributed by atoms with Crippen molar-refractivity contribution in [2.75, 3.05) is 0 Å². The van der Waals surface area contributed by atoms with Crippen molar-refractivity contribution in [3.8, 4) is 0 Å². The average Bonchev–Trinajstić information content (AvgIpc) is 2.80. The van der Waals surface area contributed by atoms with Crippen LogP contribution in [-0.2, 0) is 13.0 Å². The fourth-order valence-corrected chi connectivity index (χ4v) is 2.58. The summed E-state index contributed by atoms with van der Waals surface area (Å²) in [5.41, 5.74) is 2.77. The second-order valence-electron chi connectivity index (χ2n) is 5.34. The molecule has 3 nitrogen and oxygen atoms in total. The molecule has 1 N–H and O–H groups in total. The smallest absolute Gasteiger partial charge is 0.335 e. The number of fused-ring (bicyclic) bond motifs is 1. The molecule has 0 saturated carbocycles. The van der Waals surface area contributed by atoms with E-state index in [1.54, 1.807) is 6.07 Å². The molecule has 0 atom stereocenters. The predicted molar refractivity (Wildman–Crippen MR) is 82.4 cm³/mol. The summed E-state index contributed by atoms with van der Waals surface area (Å²) in [5.74, 6) is -0.856. The number of aromatic nitrogens is 1. The molecule has 1 aromatic heterocycles. The molecule has 0 aliphatic rings. The van der Waals surface area contributed by atoms with E-state index in [2.05, 4.69) is 24.6 Å². The SMILES string of the molecule is CCCCc1cn(CCCC)c2cc(C(=O)O)ccc12.